The molecule has 0 aliphatic heterocycles. The highest BCUT2D eigenvalue weighted by atomic mass is 127. The Labute approximate surface area is 106 Å². The van der Waals surface area contributed by atoms with E-state index in [1.165, 1.54) is 0 Å². The third-order valence-corrected chi connectivity index (χ3v) is 3.53. The van der Waals surface area contributed by atoms with Gasteiger partial charge in [0.05, 0.1) is 12.1 Å². The number of halogens is 1. The number of benzene rings is 1. The maximum absolute atomic E-state index is 11.1. The lowest BCUT2D eigenvalue weighted by Gasteiger charge is -2.11. The van der Waals surface area contributed by atoms with Gasteiger partial charge in [-0.25, -0.2) is 4.79 Å². The van der Waals surface area contributed by atoms with Gasteiger partial charge in [-0.15, -0.1) is 0 Å². The summed E-state index contributed by atoms with van der Waals surface area (Å²) in [7, 11) is 0. The second-order valence-electron chi connectivity index (χ2n) is 3.34. The fourth-order valence-corrected chi connectivity index (χ4v) is 2.17. The van der Waals surface area contributed by atoms with Crippen LogP contribution >= 0.6 is 22.6 Å². The first-order valence-electron chi connectivity index (χ1n) is 4.51. The summed E-state index contributed by atoms with van der Waals surface area (Å²) in [6.45, 7) is 3.68. The molecule has 0 bridgehead atoms. The Kier molecular flexibility index (Phi) is 4.14. The molecule has 0 saturated carbocycles. The van der Waals surface area contributed by atoms with Gasteiger partial charge in [0.2, 0.25) is 0 Å². The van der Waals surface area contributed by atoms with Gasteiger partial charge in [-0.2, -0.15) is 0 Å². The van der Waals surface area contributed by atoms with Gasteiger partial charge in [-0.05, 0) is 64.7 Å². The first kappa shape index (κ1) is 12.8. The lowest BCUT2D eigenvalue weighted by Crippen LogP contribution is -2.07. The van der Waals surface area contributed by atoms with Crippen molar-refractivity contribution in [3.8, 4) is 0 Å². The Hall–Kier alpha value is -1.27. The fourth-order valence-electron chi connectivity index (χ4n) is 1.52. The van der Waals surface area contributed by atoms with Crippen LogP contribution in [0, 0.1) is 17.4 Å². The Bertz CT molecular complexity index is 493. The molecule has 1 aromatic rings. The predicted octanol–water partition coefficient (Wildman–Crippen LogP) is 3.42. The Morgan fingerprint density at radius 2 is 2.19 bits per heavy atom. The van der Waals surface area contributed by atoms with Crippen LogP contribution in [0.25, 0.3) is 10.4 Å². The molecule has 0 amide bonds. The lowest BCUT2D eigenvalue weighted by atomic mass is 9.98. The zero-order valence-corrected chi connectivity index (χ0v) is 11.0. The van der Waals surface area contributed by atoms with Crippen LogP contribution in [-0.4, -0.2) is 11.1 Å². The number of carbonyl (C=O) groups is 1. The summed E-state index contributed by atoms with van der Waals surface area (Å²) in [5.41, 5.74) is 10.7. The molecule has 1 aromatic carbocycles. The quantitative estimate of drug-likeness (QED) is 0.398. The second kappa shape index (κ2) is 5.18. The summed E-state index contributed by atoms with van der Waals surface area (Å²) in [6.07, 6.45) is 0. The summed E-state index contributed by atoms with van der Waals surface area (Å²) < 4.78 is 0.865. The van der Waals surface area contributed by atoms with Crippen LogP contribution in [0.15, 0.2) is 11.2 Å². The zero-order chi connectivity index (χ0) is 12.3. The van der Waals surface area contributed by atoms with Crippen LogP contribution in [-0.2, 0) is 6.54 Å². The smallest absolute Gasteiger partial charge is 0.336 e. The lowest BCUT2D eigenvalue weighted by molar-refractivity contribution is 0.0695. The van der Waals surface area contributed by atoms with E-state index in [0.717, 1.165) is 14.7 Å². The Morgan fingerprint density at radius 1 is 1.56 bits per heavy atom. The molecular weight excluding hydrogens is 321 g/mol. The number of nitrogens with zero attached hydrogens (tertiary/aromatic N) is 3. The molecular formula is C10H10IN3O2. The molecule has 1 N–H and O–H groups in total. The van der Waals surface area contributed by atoms with Gasteiger partial charge in [-0.3, -0.25) is 0 Å². The number of hydrogen-bond acceptors (Lipinski definition) is 2. The molecule has 0 atom stereocenters. The van der Waals surface area contributed by atoms with Gasteiger partial charge >= 0.3 is 5.97 Å². The number of carboxylic acids is 1. The van der Waals surface area contributed by atoms with Crippen LogP contribution in [0.2, 0.25) is 0 Å². The number of azide groups is 1. The van der Waals surface area contributed by atoms with E-state index in [2.05, 4.69) is 32.6 Å². The van der Waals surface area contributed by atoms with Crippen LogP contribution in [0.3, 0.4) is 0 Å². The minimum atomic E-state index is -0.948. The van der Waals surface area contributed by atoms with Crippen molar-refractivity contribution in [3.63, 3.8) is 0 Å². The molecule has 0 aliphatic rings. The Morgan fingerprint density at radius 3 is 2.69 bits per heavy atom. The fraction of sp³-hybridized carbons (Fsp3) is 0.300. The number of hydrogen-bond donors (Lipinski definition) is 1. The number of carboxylic acid groups (broad SMARTS) is 1. The highest BCUT2D eigenvalue weighted by molar-refractivity contribution is 14.1. The van der Waals surface area contributed by atoms with Crippen molar-refractivity contribution in [2.24, 2.45) is 5.11 Å². The summed E-state index contributed by atoms with van der Waals surface area (Å²) in [4.78, 5) is 13.8. The first-order valence-corrected chi connectivity index (χ1v) is 5.59. The molecule has 6 heteroatoms. The molecule has 0 aromatic heterocycles. The van der Waals surface area contributed by atoms with Crippen molar-refractivity contribution < 1.29 is 9.90 Å². The van der Waals surface area contributed by atoms with Crippen molar-refractivity contribution in [2.45, 2.75) is 20.4 Å². The van der Waals surface area contributed by atoms with Crippen molar-refractivity contribution >= 4 is 28.6 Å². The minimum absolute atomic E-state index is 0.179. The number of rotatable bonds is 3. The summed E-state index contributed by atoms with van der Waals surface area (Å²) in [6, 6.07) is 1.85. The first-order chi connectivity index (χ1) is 7.49. The maximum atomic E-state index is 11.1. The van der Waals surface area contributed by atoms with E-state index in [1.54, 1.807) is 13.8 Å². The highest BCUT2D eigenvalue weighted by Crippen LogP contribution is 2.24. The zero-order valence-electron chi connectivity index (χ0n) is 8.86. The van der Waals surface area contributed by atoms with Crippen LogP contribution in [0.1, 0.15) is 27.0 Å². The molecule has 0 saturated heterocycles. The van der Waals surface area contributed by atoms with E-state index >= 15 is 0 Å². The minimum Gasteiger partial charge on any atom is -0.478 e. The molecule has 0 spiro atoms. The third-order valence-electron chi connectivity index (χ3n) is 2.41. The van der Waals surface area contributed by atoms with Gasteiger partial charge in [0.25, 0.3) is 0 Å². The molecule has 5 nitrogen and oxygen atoms in total. The van der Waals surface area contributed by atoms with Gasteiger partial charge < -0.3 is 5.11 Å². The van der Waals surface area contributed by atoms with Crippen molar-refractivity contribution in [3.05, 3.63) is 42.3 Å². The van der Waals surface area contributed by atoms with E-state index in [-0.39, 0.29) is 6.54 Å². The molecule has 16 heavy (non-hydrogen) atoms. The predicted molar refractivity (Wildman–Crippen MR) is 68.4 cm³/mol. The average molecular weight is 331 g/mol. The van der Waals surface area contributed by atoms with Crippen LogP contribution < -0.4 is 0 Å². The van der Waals surface area contributed by atoms with E-state index in [4.69, 9.17) is 10.6 Å². The van der Waals surface area contributed by atoms with E-state index in [9.17, 15) is 4.79 Å². The molecule has 0 unspecified atom stereocenters. The second-order valence-corrected chi connectivity index (χ2v) is 4.50. The molecule has 1 rings (SSSR count). The molecule has 0 aliphatic carbocycles. The topological polar surface area (TPSA) is 86.1 Å². The molecule has 0 fully saturated rings. The monoisotopic (exact) mass is 331 g/mol. The summed E-state index contributed by atoms with van der Waals surface area (Å²) in [5, 5.41) is 12.6. The van der Waals surface area contributed by atoms with E-state index < -0.39 is 5.97 Å². The molecule has 0 heterocycles. The van der Waals surface area contributed by atoms with Crippen molar-refractivity contribution in [1.29, 1.82) is 0 Å². The van der Waals surface area contributed by atoms with Crippen molar-refractivity contribution in [2.75, 3.05) is 0 Å². The van der Waals surface area contributed by atoms with Gasteiger partial charge in [0.15, 0.2) is 0 Å². The Balaban J connectivity index is 3.43. The number of aromatic carboxylic acids is 1. The van der Waals surface area contributed by atoms with Gasteiger partial charge in [0.1, 0.15) is 0 Å². The standard InChI is InChI=1S/C10H10IN3O2/c1-5-7(4-13-14-12)3-8(11)6(2)9(5)10(15)16/h3H,4H2,1-2H3,(H,15,16). The normalized spacial score (nSPS) is 9.69. The SMILES string of the molecule is Cc1c(I)cc(CN=[N+]=[N-])c(C)c1C(=O)O. The third kappa shape index (κ3) is 2.45. The molecule has 84 valence electrons. The largest absolute Gasteiger partial charge is 0.478 e. The molecule has 0 radical (unpaired) electrons. The van der Waals surface area contributed by atoms with Gasteiger partial charge in [-0.1, -0.05) is 5.11 Å². The van der Waals surface area contributed by atoms with E-state index in [0.29, 0.717) is 11.1 Å². The van der Waals surface area contributed by atoms with Crippen molar-refractivity contribution in [1.82, 2.24) is 0 Å². The average Bonchev–Trinajstić information content (AvgIpc) is 2.21. The highest BCUT2D eigenvalue weighted by Gasteiger charge is 2.16. The maximum Gasteiger partial charge on any atom is 0.336 e. The van der Waals surface area contributed by atoms with Crippen LogP contribution in [0.5, 0.6) is 0 Å². The summed E-state index contributed by atoms with van der Waals surface area (Å²) in [5.74, 6) is -0.948. The van der Waals surface area contributed by atoms with Crippen LogP contribution in [0.4, 0.5) is 0 Å². The van der Waals surface area contributed by atoms with E-state index in [1.807, 2.05) is 6.07 Å². The van der Waals surface area contributed by atoms with Gasteiger partial charge in [0, 0.05) is 8.48 Å². The summed E-state index contributed by atoms with van der Waals surface area (Å²) >= 11 is 2.08.